The number of nitrogens with zero attached hydrogens (tertiary/aromatic N) is 1. The Bertz CT molecular complexity index is 838. The Morgan fingerprint density at radius 3 is 2.62 bits per heavy atom. The average molecular weight is 437 g/mol. The second-order valence-corrected chi connectivity index (χ2v) is 6.29. The molecule has 0 saturated carbocycles. The highest BCUT2D eigenvalue weighted by Gasteiger charge is 2.12. The molecule has 0 saturated heterocycles. The maximum absolute atomic E-state index is 11.8. The van der Waals surface area contributed by atoms with E-state index in [1.807, 2.05) is 6.07 Å². The summed E-state index contributed by atoms with van der Waals surface area (Å²) in [4.78, 5) is 23.6. The van der Waals surface area contributed by atoms with E-state index in [0.717, 1.165) is 4.47 Å². The molecule has 0 unspecified atom stereocenters. The molecule has 2 aromatic carbocycles. The number of carbonyl (C=O) groups excluding carboxylic acids is 2. The number of hydrogen-bond donors (Lipinski definition) is 2. The number of benzene rings is 2. The lowest BCUT2D eigenvalue weighted by molar-refractivity contribution is -0.136. The Labute approximate surface area is 164 Å². The number of nitrogens with one attached hydrogen (secondary N) is 2. The van der Waals surface area contributed by atoms with Crippen LogP contribution in [0.4, 0.5) is 5.69 Å². The zero-order valence-electron chi connectivity index (χ0n) is 13.5. The van der Waals surface area contributed by atoms with Gasteiger partial charge in [-0.25, -0.2) is 5.43 Å². The summed E-state index contributed by atoms with van der Waals surface area (Å²) in [5, 5.41) is 6.76. The van der Waals surface area contributed by atoms with E-state index in [1.54, 1.807) is 42.5 Å². The SMILES string of the molecule is C=CCOc1ccc(Br)cc1/C=N/NC(=O)C(=O)Nc1ccc(Cl)cc1. The molecule has 0 fully saturated rings. The number of ether oxygens (including phenoxy) is 1. The van der Waals surface area contributed by atoms with Crippen LogP contribution in [-0.4, -0.2) is 24.6 Å². The van der Waals surface area contributed by atoms with E-state index in [2.05, 4.69) is 38.4 Å². The molecule has 26 heavy (non-hydrogen) atoms. The summed E-state index contributed by atoms with van der Waals surface area (Å²) < 4.78 is 6.32. The number of carbonyl (C=O) groups is 2. The maximum Gasteiger partial charge on any atom is 0.329 e. The first-order valence-electron chi connectivity index (χ1n) is 7.43. The number of hydrogen-bond acceptors (Lipinski definition) is 4. The standard InChI is InChI=1S/C18H15BrClN3O3/c1-2-9-26-16-8-3-13(19)10-12(16)11-21-23-18(25)17(24)22-15-6-4-14(20)5-7-15/h2-8,10-11H,1,9H2,(H,22,24)(H,23,25)/b21-11+. The third-order valence-corrected chi connectivity index (χ3v) is 3.75. The maximum atomic E-state index is 11.8. The summed E-state index contributed by atoms with van der Waals surface area (Å²) in [5.41, 5.74) is 3.24. The minimum Gasteiger partial charge on any atom is -0.489 e. The van der Waals surface area contributed by atoms with E-state index in [1.165, 1.54) is 6.21 Å². The molecule has 0 aliphatic carbocycles. The van der Waals surface area contributed by atoms with E-state index in [4.69, 9.17) is 16.3 Å². The number of anilines is 1. The van der Waals surface area contributed by atoms with Gasteiger partial charge in [0, 0.05) is 20.7 Å². The van der Waals surface area contributed by atoms with Crippen molar-refractivity contribution in [1.82, 2.24) is 5.43 Å². The summed E-state index contributed by atoms with van der Waals surface area (Å²) in [6, 6.07) is 11.7. The Morgan fingerprint density at radius 1 is 1.19 bits per heavy atom. The summed E-state index contributed by atoms with van der Waals surface area (Å²) in [5.74, 6) is -1.18. The summed E-state index contributed by atoms with van der Waals surface area (Å²) in [6.45, 7) is 3.92. The van der Waals surface area contributed by atoms with Crippen molar-refractivity contribution in [2.24, 2.45) is 5.10 Å². The third-order valence-electron chi connectivity index (χ3n) is 3.01. The van der Waals surface area contributed by atoms with Crippen LogP contribution in [0, 0.1) is 0 Å². The highest BCUT2D eigenvalue weighted by molar-refractivity contribution is 9.10. The number of halogens is 2. The van der Waals surface area contributed by atoms with Crippen LogP contribution in [0.3, 0.4) is 0 Å². The molecular formula is C18H15BrClN3O3. The lowest BCUT2D eigenvalue weighted by Gasteiger charge is -2.07. The highest BCUT2D eigenvalue weighted by Crippen LogP contribution is 2.21. The normalized spacial score (nSPS) is 10.4. The molecule has 0 aliphatic rings. The van der Waals surface area contributed by atoms with E-state index in [-0.39, 0.29) is 0 Å². The number of hydrazone groups is 1. The predicted octanol–water partition coefficient (Wildman–Crippen LogP) is 3.76. The smallest absolute Gasteiger partial charge is 0.329 e. The molecule has 8 heteroatoms. The zero-order chi connectivity index (χ0) is 18.9. The van der Waals surface area contributed by atoms with Gasteiger partial charge >= 0.3 is 11.8 Å². The fourth-order valence-electron chi connectivity index (χ4n) is 1.83. The lowest BCUT2D eigenvalue weighted by atomic mass is 10.2. The first-order chi connectivity index (χ1) is 12.5. The van der Waals surface area contributed by atoms with Crippen molar-refractivity contribution in [1.29, 1.82) is 0 Å². The Hall–Kier alpha value is -2.64. The van der Waals surface area contributed by atoms with Gasteiger partial charge in [0.2, 0.25) is 0 Å². The molecule has 0 bridgehead atoms. The first-order valence-corrected chi connectivity index (χ1v) is 8.60. The van der Waals surface area contributed by atoms with Gasteiger partial charge in [0.1, 0.15) is 12.4 Å². The van der Waals surface area contributed by atoms with Gasteiger partial charge < -0.3 is 10.1 Å². The van der Waals surface area contributed by atoms with Crippen LogP contribution >= 0.6 is 27.5 Å². The second-order valence-electron chi connectivity index (χ2n) is 4.94. The molecule has 0 atom stereocenters. The van der Waals surface area contributed by atoms with Crippen molar-refractivity contribution < 1.29 is 14.3 Å². The Kier molecular flexibility index (Phi) is 7.37. The molecule has 2 amide bonds. The van der Waals surface area contributed by atoms with Gasteiger partial charge in [0.15, 0.2) is 0 Å². The minimum atomic E-state index is -0.903. The fourth-order valence-corrected chi connectivity index (χ4v) is 2.34. The second kappa shape index (κ2) is 9.74. The lowest BCUT2D eigenvalue weighted by Crippen LogP contribution is -2.32. The zero-order valence-corrected chi connectivity index (χ0v) is 15.9. The molecule has 0 aliphatic heterocycles. The van der Waals surface area contributed by atoms with Gasteiger partial charge in [-0.15, -0.1) is 0 Å². The number of rotatable bonds is 6. The largest absolute Gasteiger partial charge is 0.489 e. The fraction of sp³-hybridized carbons (Fsp3) is 0.0556. The van der Waals surface area contributed by atoms with E-state index in [9.17, 15) is 9.59 Å². The highest BCUT2D eigenvalue weighted by atomic mass is 79.9. The van der Waals surface area contributed by atoms with Gasteiger partial charge in [-0.3, -0.25) is 9.59 Å². The molecule has 0 aromatic heterocycles. The van der Waals surface area contributed by atoms with Crippen LogP contribution in [0.1, 0.15) is 5.56 Å². The molecule has 2 N–H and O–H groups in total. The summed E-state index contributed by atoms with van der Waals surface area (Å²) in [7, 11) is 0. The van der Waals surface area contributed by atoms with Gasteiger partial charge in [-0.05, 0) is 42.5 Å². The van der Waals surface area contributed by atoms with Crippen LogP contribution in [0.2, 0.25) is 5.02 Å². The van der Waals surface area contributed by atoms with Gasteiger partial charge in [-0.2, -0.15) is 5.10 Å². The van der Waals surface area contributed by atoms with Crippen LogP contribution in [0.25, 0.3) is 0 Å². The average Bonchev–Trinajstić information content (AvgIpc) is 2.62. The Balaban J connectivity index is 1.97. The first kappa shape index (κ1) is 19.7. The third kappa shape index (κ3) is 6.02. The van der Waals surface area contributed by atoms with Crippen LogP contribution in [-0.2, 0) is 9.59 Å². The van der Waals surface area contributed by atoms with Gasteiger partial charge in [0.05, 0.1) is 6.21 Å². The number of amides is 2. The molecule has 2 rings (SSSR count). The molecule has 0 spiro atoms. The van der Waals surface area contributed by atoms with Gasteiger partial charge in [-0.1, -0.05) is 40.2 Å². The molecule has 134 valence electrons. The van der Waals surface area contributed by atoms with E-state index >= 15 is 0 Å². The molecule has 0 radical (unpaired) electrons. The van der Waals surface area contributed by atoms with Crippen molar-refractivity contribution in [3.05, 3.63) is 70.2 Å². The summed E-state index contributed by atoms with van der Waals surface area (Å²) in [6.07, 6.45) is 3.00. The minimum absolute atomic E-state index is 0.332. The molecule has 6 nitrogen and oxygen atoms in total. The predicted molar refractivity (Wildman–Crippen MR) is 106 cm³/mol. The topological polar surface area (TPSA) is 79.8 Å². The van der Waals surface area contributed by atoms with Crippen LogP contribution in [0.5, 0.6) is 5.75 Å². The van der Waals surface area contributed by atoms with Crippen molar-refractivity contribution in [2.45, 2.75) is 0 Å². The van der Waals surface area contributed by atoms with Crippen molar-refractivity contribution in [3.63, 3.8) is 0 Å². The van der Waals surface area contributed by atoms with Crippen LogP contribution in [0.15, 0.2) is 64.7 Å². The van der Waals surface area contributed by atoms with Crippen LogP contribution < -0.4 is 15.5 Å². The van der Waals surface area contributed by atoms with E-state index < -0.39 is 11.8 Å². The van der Waals surface area contributed by atoms with E-state index in [0.29, 0.717) is 28.6 Å². The van der Waals surface area contributed by atoms with Crippen molar-refractivity contribution in [3.8, 4) is 5.75 Å². The van der Waals surface area contributed by atoms with Gasteiger partial charge in [0.25, 0.3) is 0 Å². The Morgan fingerprint density at radius 2 is 1.92 bits per heavy atom. The quantitative estimate of drug-likeness (QED) is 0.313. The molecular weight excluding hydrogens is 422 g/mol. The summed E-state index contributed by atoms with van der Waals surface area (Å²) >= 11 is 9.12. The molecule has 2 aromatic rings. The van der Waals surface area contributed by atoms with Crippen molar-refractivity contribution >= 4 is 51.2 Å². The molecule has 0 heterocycles. The monoisotopic (exact) mass is 435 g/mol. The van der Waals surface area contributed by atoms with Crippen molar-refractivity contribution in [2.75, 3.05) is 11.9 Å².